The Kier molecular flexibility index (Phi) is 5.69. The lowest BCUT2D eigenvalue weighted by atomic mass is 10.2. The highest BCUT2D eigenvalue weighted by Gasteiger charge is 2.07. The summed E-state index contributed by atoms with van der Waals surface area (Å²) in [7, 11) is 1.89. The molecule has 0 bridgehead atoms. The molecule has 5 nitrogen and oxygen atoms in total. The van der Waals surface area contributed by atoms with Crippen LogP contribution < -0.4 is 10.6 Å². The number of hydrogen-bond acceptors (Lipinski definition) is 3. The van der Waals surface area contributed by atoms with Crippen molar-refractivity contribution >= 4 is 5.91 Å². The first kappa shape index (κ1) is 13.7. The van der Waals surface area contributed by atoms with E-state index in [1.54, 1.807) is 10.9 Å². The predicted molar refractivity (Wildman–Crippen MR) is 67.4 cm³/mol. The zero-order valence-corrected chi connectivity index (χ0v) is 10.9. The van der Waals surface area contributed by atoms with Crippen LogP contribution in [0.5, 0.6) is 0 Å². The Hall–Kier alpha value is -1.36. The maximum atomic E-state index is 11.6. The minimum Gasteiger partial charge on any atom is -0.352 e. The molecular formula is C12H22N4O. The molecule has 0 unspecified atom stereocenters. The topological polar surface area (TPSA) is 59.0 Å². The summed E-state index contributed by atoms with van der Waals surface area (Å²) in [4.78, 5) is 11.6. The van der Waals surface area contributed by atoms with E-state index >= 15 is 0 Å². The van der Waals surface area contributed by atoms with Crippen molar-refractivity contribution in [3.63, 3.8) is 0 Å². The molecule has 5 heteroatoms. The SMILES string of the molecule is CCC(CC)NC(=O)CNCc1ccnn1C. The number of nitrogens with zero attached hydrogens (tertiary/aromatic N) is 2. The van der Waals surface area contributed by atoms with Gasteiger partial charge in [-0.25, -0.2) is 0 Å². The number of nitrogens with one attached hydrogen (secondary N) is 2. The van der Waals surface area contributed by atoms with Crippen molar-refractivity contribution in [3.05, 3.63) is 18.0 Å². The second-order valence-electron chi connectivity index (χ2n) is 4.13. The van der Waals surface area contributed by atoms with Crippen LogP contribution in [0.2, 0.25) is 0 Å². The van der Waals surface area contributed by atoms with Gasteiger partial charge in [0.2, 0.25) is 5.91 Å². The van der Waals surface area contributed by atoms with Gasteiger partial charge < -0.3 is 10.6 Å². The monoisotopic (exact) mass is 238 g/mol. The summed E-state index contributed by atoms with van der Waals surface area (Å²) in [5, 5.41) is 10.2. The standard InChI is InChI=1S/C12H22N4O/c1-4-10(5-2)15-12(17)9-13-8-11-6-7-14-16(11)3/h6-7,10,13H,4-5,8-9H2,1-3H3,(H,15,17). The maximum Gasteiger partial charge on any atom is 0.234 e. The van der Waals surface area contributed by atoms with Gasteiger partial charge >= 0.3 is 0 Å². The van der Waals surface area contributed by atoms with Crippen molar-refractivity contribution in [1.29, 1.82) is 0 Å². The molecule has 0 saturated heterocycles. The number of carbonyl (C=O) groups is 1. The molecule has 2 N–H and O–H groups in total. The molecule has 17 heavy (non-hydrogen) atoms. The first-order chi connectivity index (χ1) is 8.17. The Morgan fingerprint density at radius 2 is 2.18 bits per heavy atom. The van der Waals surface area contributed by atoms with Gasteiger partial charge in [-0.1, -0.05) is 13.8 Å². The molecule has 1 heterocycles. The van der Waals surface area contributed by atoms with Gasteiger partial charge in [-0.3, -0.25) is 9.48 Å². The van der Waals surface area contributed by atoms with Crippen LogP contribution in [0.15, 0.2) is 12.3 Å². The molecule has 0 aromatic carbocycles. The number of rotatable bonds is 7. The smallest absolute Gasteiger partial charge is 0.234 e. The summed E-state index contributed by atoms with van der Waals surface area (Å²) >= 11 is 0. The molecule has 1 amide bonds. The van der Waals surface area contributed by atoms with Gasteiger partial charge in [0, 0.05) is 25.8 Å². The fraction of sp³-hybridized carbons (Fsp3) is 0.667. The molecule has 0 radical (unpaired) electrons. The Bertz CT molecular complexity index is 344. The van der Waals surface area contributed by atoms with Crippen LogP contribution in [0.25, 0.3) is 0 Å². The lowest BCUT2D eigenvalue weighted by Gasteiger charge is -2.14. The summed E-state index contributed by atoms with van der Waals surface area (Å²) in [6, 6.07) is 2.23. The van der Waals surface area contributed by atoms with E-state index in [0.717, 1.165) is 18.5 Å². The molecule has 0 fully saturated rings. The number of amides is 1. The molecule has 0 aliphatic rings. The van der Waals surface area contributed by atoms with Gasteiger partial charge in [-0.15, -0.1) is 0 Å². The first-order valence-electron chi connectivity index (χ1n) is 6.14. The third kappa shape index (κ3) is 4.56. The second kappa shape index (κ2) is 7.06. The van der Waals surface area contributed by atoms with Crippen LogP contribution in [-0.4, -0.2) is 28.3 Å². The lowest BCUT2D eigenvalue weighted by molar-refractivity contribution is -0.121. The third-order valence-electron chi connectivity index (χ3n) is 2.86. The summed E-state index contributed by atoms with van der Waals surface area (Å²) in [6.45, 7) is 5.17. The summed E-state index contributed by atoms with van der Waals surface area (Å²) in [6.07, 6.45) is 3.70. The molecule has 0 atom stereocenters. The van der Waals surface area contributed by atoms with Crippen molar-refractivity contribution in [2.45, 2.75) is 39.3 Å². The average Bonchev–Trinajstić information content (AvgIpc) is 2.72. The third-order valence-corrected chi connectivity index (χ3v) is 2.86. The Morgan fingerprint density at radius 3 is 2.71 bits per heavy atom. The number of aromatic nitrogens is 2. The second-order valence-corrected chi connectivity index (χ2v) is 4.13. The summed E-state index contributed by atoms with van der Waals surface area (Å²) in [5.74, 6) is 0.0564. The van der Waals surface area contributed by atoms with Gasteiger partial charge in [-0.05, 0) is 18.9 Å². The molecule has 0 aliphatic carbocycles. The highest BCUT2D eigenvalue weighted by Crippen LogP contribution is 1.96. The van der Waals surface area contributed by atoms with E-state index in [9.17, 15) is 4.79 Å². The Balaban J connectivity index is 2.22. The van der Waals surface area contributed by atoms with E-state index in [4.69, 9.17) is 0 Å². The van der Waals surface area contributed by atoms with Gasteiger partial charge in [0.15, 0.2) is 0 Å². The number of hydrogen-bond donors (Lipinski definition) is 2. The quantitative estimate of drug-likeness (QED) is 0.739. The van der Waals surface area contributed by atoms with E-state index in [0.29, 0.717) is 19.1 Å². The molecule has 0 saturated carbocycles. The van der Waals surface area contributed by atoms with Crippen LogP contribution in [0.1, 0.15) is 32.4 Å². The van der Waals surface area contributed by atoms with E-state index < -0.39 is 0 Å². The number of aryl methyl sites for hydroxylation is 1. The van der Waals surface area contributed by atoms with Crippen LogP contribution in [0.3, 0.4) is 0 Å². The van der Waals surface area contributed by atoms with E-state index in [-0.39, 0.29) is 5.91 Å². The van der Waals surface area contributed by atoms with Crippen molar-refractivity contribution < 1.29 is 4.79 Å². The van der Waals surface area contributed by atoms with Crippen LogP contribution in [0, 0.1) is 0 Å². The van der Waals surface area contributed by atoms with E-state index in [2.05, 4.69) is 29.6 Å². The Morgan fingerprint density at radius 1 is 1.47 bits per heavy atom. The molecule has 0 spiro atoms. The van der Waals surface area contributed by atoms with Crippen LogP contribution in [0.4, 0.5) is 0 Å². The largest absolute Gasteiger partial charge is 0.352 e. The molecular weight excluding hydrogens is 216 g/mol. The lowest BCUT2D eigenvalue weighted by Crippen LogP contribution is -2.39. The molecule has 1 rings (SSSR count). The molecule has 1 aromatic heterocycles. The van der Waals surface area contributed by atoms with Crippen LogP contribution in [-0.2, 0) is 18.4 Å². The van der Waals surface area contributed by atoms with Crippen LogP contribution >= 0.6 is 0 Å². The molecule has 1 aromatic rings. The van der Waals surface area contributed by atoms with Gasteiger partial charge in [0.1, 0.15) is 0 Å². The molecule has 96 valence electrons. The van der Waals surface area contributed by atoms with Crippen molar-refractivity contribution in [2.75, 3.05) is 6.54 Å². The highest BCUT2D eigenvalue weighted by molar-refractivity contribution is 5.78. The zero-order valence-electron chi connectivity index (χ0n) is 10.9. The fourth-order valence-corrected chi connectivity index (χ4v) is 1.65. The minimum atomic E-state index is 0.0564. The van der Waals surface area contributed by atoms with Crippen molar-refractivity contribution in [1.82, 2.24) is 20.4 Å². The van der Waals surface area contributed by atoms with Gasteiger partial charge in [0.05, 0.1) is 12.2 Å². The normalized spacial score (nSPS) is 10.8. The minimum absolute atomic E-state index is 0.0564. The van der Waals surface area contributed by atoms with Gasteiger partial charge in [0.25, 0.3) is 0 Å². The van der Waals surface area contributed by atoms with E-state index in [1.807, 2.05) is 13.1 Å². The fourth-order valence-electron chi connectivity index (χ4n) is 1.65. The first-order valence-corrected chi connectivity index (χ1v) is 6.14. The summed E-state index contributed by atoms with van der Waals surface area (Å²) in [5.41, 5.74) is 1.07. The van der Waals surface area contributed by atoms with E-state index in [1.165, 1.54) is 0 Å². The number of carbonyl (C=O) groups excluding carboxylic acids is 1. The summed E-state index contributed by atoms with van der Waals surface area (Å²) < 4.78 is 1.80. The molecule has 0 aliphatic heterocycles. The van der Waals surface area contributed by atoms with Crippen molar-refractivity contribution in [2.24, 2.45) is 7.05 Å². The Labute approximate surface area is 103 Å². The average molecular weight is 238 g/mol. The zero-order chi connectivity index (χ0) is 12.7. The van der Waals surface area contributed by atoms with Gasteiger partial charge in [-0.2, -0.15) is 5.10 Å². The maximum absolute atomic E-state index is 11.6. The predicted octanol–water partition coefficient (Wildman–Crippen LogP) is 0.814. The van der Waals surface area contributed by atoms with Crippen molar-refractivity contribution in [3.8, 4) is 0 Å². The highest BCUT2D eigenvalue weighted by atomic mass is 16.1.